The molecule has 1 heterocycles. The van der Waals surface area contributed by atoms with Crippen LogP contribution in [-0.4, -0.2) is 56.4 Å². The molecule has 0 aromatic rings. The summed E-state index contributed by atoms with van der Waals surface area (Å²) < 4.78 is 23.2. The highest BCUT2D eigenvalue weighted by Gasteiger charge is 2.28. The Kier molecular flexibility index (Phi) is 6.45. The third kappa shape index (κ3) is 6.22. The largest absolute Gasteiger partial charge is 0.342 e. The maximum Gasteiger partial charge on any atom is 0.224 e. The van der Waals surface area contributed by atoms with Crippen LogP contribution in [0.4, 0.5) is 0 Å². The fourth-order valence-electron chi connectivity index (χ4n) is 2.50. The molecule has 0 radical (unpaired) electrons. The Morgan fingerprint density at radius 3 is 2.20 bits per heavy atom. The third-order valence-corrected chi connectivity index (χ3v) is 4.98. The van der Waals surface area contributed by atoms with E-state index < -0.39 is 9.84 Å². The Morgan fingerprint density at radius 2 is 1.75 bits per heavy atom. The molecule has 1 amide bonds. The maximum absolute atomic E-state index is 12.4. The summed E-state index contributed by atoms with van der Waals surface area (Å²) in [5.74, 6) is 1.15. The van der Waals surface area contributed by atoms with E-state index in [1.165, 1.54) is 0 Å². The number of hydrogen-bond donors (Lipinski definition) is 1. The fourth-order valence-corrected chi connectivity index (χ4v) is 3.94. The molecule has 5 nitrogen and oxygen atoms in total. The zero-order valence-electron chi connectivity index (χ0n) is 13.1. The van der Waals surface area contributed by atoms with Gasteiger partial charge in [0.1, 0.15) is 0 Å². The summed E-state index contributed by atoms with van der Waals surface area (Å²) in [4.78, 5) is 14.3. The highest BCUT2D eigenvalue weighted by atomic mass is 32.2. The van der Waals surface area contributed by atoms with Crippen molar-refractivity contribution in [2.75, 3.05) is 31.1 Å². The first-order valence-corrected chi connectivity index (χ1v) is 9.23. The molecule has 1 fully saturated rings. The molecule has 0 bridgehead atoms. The molecule has 1 unspecified atom stereocenters. The van der Waals surface area contributed by atoms with Gasteiger partial charge in [-0.2, -0.15) is 0 Å². The standard InChI is InChI=1S/C14H28N2O3S/c1-11(2)8-16(9-12(3)4)14(17)7-13-10-20(18,19)6-5-15-13/h11-13,15H,5-10H2,1-4H3. The van der Waals surface area contributed by atoms with Gasteiger partial charge in [-0.05, 0) is 11.8 Å². The molecule has 0 saturated carbocycles. The van der Waals surface area contributed by atoms with Crippen molar-refractivity contribution in [3.8, 4) is 0 Å². The second kappa shape index (κ2) is 7.41. The summed E-state index contributed by atoms with van der Waals surface area (Å²) in [6.07, 6.45) is 0.276. The van der Waals surface area contributed by atoms with E-state index in [2.05, 4.69) is 33.0 Å². The molecule has 1 aliphatic rings. The molecular weight excluding hydrogens is 276 g/mol. The number of carbonyl (C=O) groups is 1. The van der Waals surface area contributed by atoms with Crippen LogP contribution in [0.2, 0.25) is 0 Å². The Balaban J connectivity index is 2.60. The van der Waals surface area contributed by atoms with E-state index in [9.17, 15) is 13.2 Å². The van der Waals surface area contributed by atoms with Crippen LogP contribution >= 0.6 is 0 Å². The topological polar surface area (TPSA) is 66.5 Å². The van der Waals surface area contributed by atoms with Gasteiger partial charge in [0.2, 0.25) is 5.91 Å². The number of sulfone groups is 1. The van der Waals surface area contributed by atoms with Crippen LogP contribution in [0.1, 0.15) is 34.1 Å². The molecule has 1 rings (SSSR count). The van der Waals surface area contributed by atoms with E-state index in [4.69, 9.17) is 0 Å². The van der Waals surface area contributed by atoms with Gasteiger partial charge in [0, 0.05) is 32.1 Å². The lowest BCUT2D eigenvalue weighted by Crippen LogP contribution is -2.48. The molecule has 1 saturated heterocycles. The predicted molar refractivity (Wildman–Crippen MR) is 81.3 cm³/mol. The van der Waals surface area contributed by atoms with Gasteiger partial charge in [0.05, 0.1) is 11.5 Å². The Hall–Kier alpha value is -0.620. The second-order valence-electron chi connectivity index (χ2n) is 6.56. The Bertz CT molecular complexity index is 408. The van der Waals surface area contributed by atoms with Gasteiger partial charge in [0.15, 0.2) is 9.84 Å². The predicted octanol–water partition coefficient (Wildman–Crippen LogP) is 0.904. The van der Waals surface area contributed by atoms with Crippen molar-refractivity contribution in [2.45, 2.75) is 40.2 Å². The second-order valence-corrected chi connectivity index (χ2v) is 8.78. The summed E-state index contributed by atoms with van der Waals surface area (Å²) in [5, 5.41) is 3.14. The van der Waals surface area contributed by atoms with Crippen LogP contribution in [0.25, 0.3) is 0 Å². The van der Waals surface area contributed by atoms with E-state index in [0.29, 0.717) is 18.4 Å². The highest BCUT2D eigenvalue weighted by Crippen LogP contribution is 2.10. The molecule has 1 aliphatic heterocycles. The van der Waals surface area contributed by atoms with Crippen LogP contribution in [0.15, 0.2) is 0 Å². The van der Waals surface area contributed by atoms with E-state index in [1.54, 1.807) is 0 Å². The van der Waals surface area contributed by atoms with E-state index in [-0.39, 0.29) is 29.9 Å². The molecule has 6 heteroatoms. The first-order valence-electron chi connectivity index (χ1n) is 7.41. The van der Waals surface area contributed by atoms with E-state index in [1.807, 2.05) is 4.90 Å². The lowest BCUT2D eigenvalue weighted by atomic mass is 10.1. The van der Waals surface area contributed by atoms with Crippen molar-refractivity contribution in [3.05, 3.63) is 0 Å². The minimum Gasteiger partial charge on any atom is -0.342 e. The Labute approximate surface area is 123 Å². The minimum absolute atomic E-state index is 0.0574. The van der Waals surface area contributed by atoms with Crippen LogP contribution in [-0.2, 0) is 14.6 Å². The Morgan fingerprint density at radius 1 is 1.20 bits per heavy atom. The summed E-state index contributed by atoms with van der Waals surface area (Å²) in [7, 11) is -2.98. The highest BCUT2D eigenvalue weighted by molar-refractivity contribution is 7.91. The molecular formula is C14H28N2O3S. The summed E-state index contributed by atoms with van der Waals surface area (Å²) in [5.41, 5.74) is 0. The van der Waals surface area contributed by atoms with Crippen molar-refractivity contribution in [1.29, 1.82) is 0 Å². The van der Waals surface area contributed by atoms with Gasteiger partial charge < -0.3 is 10.2 Å². The third-order valence-electron chi connectivity index (χ3n) is 3.25. The molecule has 0 aromatic carbocycles. The lowest BCUT2D eigenvalue weighted by molar-refractivity contribution is -0.132. The van der Waals surface area contributed by atoms with Gasteiger partial charge in [-0.1, -0.05) is 27.7 Å². The number of nitrogens with one attached hydrogen (secondary N) is 1. The fraction of sp³-hybridized carbons (Fsp3) is 0.929. The van der Waals surface area contributed by atoms with Gasteiger partial charge >= 0.3 is 0 Å². The van der Waals surface area contributed by atoms with Crippen LogP contribution in [0.3, 0.4) is 0 Å². The van der Waals surface area contributed by atoms with E-state index >= 15 is 0 Å². The van der Waals surface area contributed by atoms with Gasteiger partial charge in [-0.15, -0.1) is 0 Å². The number of nitrogens with zero attached hydrogens (tertiary/aromatic N) is 1. The van der Waals surface area contributed by atoms with Crippen molar-refractivity contribution in [1.82, 2.24) is 10.2 Å². The minimum atomic E-state index is -2.98. The van der Waals surface area contributed by atoms with Crippen LogP contribution in [0.5, 0.6) is 0 Å². The molecule has 118 valence electrons. The molecule has 0 aliphatic carbocycles. The molecule has 0 spiro atoms. The maximum atomic E-state index is 12.4. The average Bonchev–Trinajstić information content (AvgIpc) is 2.25. The first-order chi connectivity index (χ1) is 9.19. The first kappa shape index (κ1) is 17.4. The number of rotatable bonds is 6. The normalized spacial score (nSPS) is 22.2. The quantitative estimate of drug-likeness (QED) is 0.792. The monoisotopic (exact) mass is 304 g/mol. The van der Waals surface area contributed by atoms with Crippen LogP contribution in [0, 0.1) is 11.8 Å². The number of amides is 1. The summed E-state index contributed by atoms with van der Waals surface area (Å²) in [6, 6.07) is -0.233. The zero-order valence-corrected chi connectivity index (χ0v) is 13.9. The van der Waals surface area contributed by atoms with Crippen molar-refractivity contribution in [3.63, 3.8) is 0 Å². The smallest absolute Gasteiger partial charge is 0.224 e. The van der Waals surface area contributed by atoms with Gasteiger partial charge in [-0.25, -0.2) is 8.42 Å². The summed E-state index contributed by atoms with van der Waals surface area (Å²) in [6.45, 7) is 10.3. The van der Waals surface area contributed by atoms with Crippen molar-refractivity contribution < 1.29 is 13.2 Å². The lowest BCUT2D eigenvalue weighted by Gasteiger charge is -2.29. The van der Waals surface area contributed by atoms with Gasteiger partial charge in [0.25, 0.3) is 0 Å². The molecule has 20 heavy (non-hydrogen) atoms. The number of hydrogen-bond acceptors (Lipinski definition) is 4. The van der Waals surface area contributed by atoms with Crippen LogP contribution < -0.4 is 5.32 Å². The average molecular weight is 304 g/mol. The van der Waals surface area contributed by atoms with Gasteiger partial charge in [-0.3, -0.25) is 4.79 Å². The van der Waals surface area contributed by atoms with Crippen molar-refractivity contribution >= 4 is 15.7 Å². The SMILES string of the molecule is CC(C)CN(CC(C)C)C(=O)CC1CS(=O)(=O)CCN1. The van der Waals surface area contributed by atoms with E-state index in [0.717, 1.165) is 13.1 Å². The molecule has 1 N–H and O–H groups in total. The molecule has 0 aromatic heterocycles. The number of carbonyl (C=O) groups excluding carboxylic acids is 1. The van der Waals surface area contributed by atoms with Crippen molar-refractivity contribution in [2.24, 2.45) is 11.8 Å². The zero-order chi connectivity index (χ0) is 15.3. The molecule has 1 atom stereocenters. The summed E-state index contributed by atoms with van der Waals surface area (Å²) >= 11 is 0.